The minimum atomic E-state index is -0.467. The first-order valence-corrected chi connectivity index (χ1v) is 8.53. The Morgan fingerprint density at radius 1 is 1.17 bits per heavy atom. The van der Waals surface area contributed by atoms with Crippen molar-refractivity contribution in [1.29, 1.82) is 0 Å². The second-order valence-electron chi connectivity index (χ2n) is 6.37. The van der Waals surface area contributed by atoms with Crippen molar-refractivity contribution in [3.63, 3.8) is 0 Å². The number of hydrogen-bond acceptors (Lipinski definition) is 5. The number of piperazine rings is 1. The molecule has 5 heteroatoms. The number of β-amino-alcohol motifs (C(OH)–C–C–N with tert-alkyl or cyclic N) is 1. The van der Waals surface area contributed by atoms with Crippen LogP contribution in [0.15, 0.2) is 47.1 Å². The van der Waals surface area contributed by atoms with Crippen LogP contribution in [0.25, 0.3) is 0 Å². The molecule has 24 heavy (non-hydrogen) atoms. The maximum atomic E-state index is 10.1. The van der Waals surface area contributed by atoms with Gasteiger partial charge in [-0.15, -0.1) is 0 Å². The predicted octanol–water partition coefficient (Wildman–Crippen LogP) is 2.29. The lowest BCUT2D eigenvalue weighted by molar-refractivity contribution is 0.00442. The van der Waals surface area contributed by atoms with Crippen LogP contribution in [0.5, 0.6) is 0 Å². The molecule has 1 atom stereocenters. The molecule has 130 valence electrons. The molecule has 0 aliphatic carbocycles. The first kappa shape index (κ1) is 17.0. The molecule has 1 aliphatic rings. The summed E-state index contributed by atoms with van der Waals surface area (Å²) >= 11 is 0. The van der Waals surface area contributed by atoms with Gasteiger partial charge in [0, 0.05) is 38.4 Å². The normalized spacial score (nSPS) is 17.2. The Morgan fingerprint density at radius 2 is 2.00 bits per heavy atom. The number of benzene rings is 1. The van der Waals surface area contributed by atoms with Gasteiger partial charge in [0.05, 0.1) is 19.0 Å². The van der Waals surface area contributed by atoms with Gasteiger partial charge in [0.2, 0.25) is 0 Å². The van der Waals surface area contributed by atoms with E-state index in [0.717, 1.165) is 31.9 Å². The molecule has 2 heterocycles. The van der Waals surface area contributed by atoms with E-state index in [1.165, 1.54) is 11.3 Å². The summed E-state index contributed by atoms with van der Waals surface area (Å²) in [5.74, 6) is 0.786. The summed E-state index contributed by atoms with van der Waals surface area (Å²) < 4.78 is 10.7. The Morgan fingerprint density at radius 3 is 2.71 bits per heavy atom. The van der Waals surface area contributed by atoms with E-state index in [4.69, 9.17) is 9.15 Å². The molecule has 3 rings (SSSR count). The first-order chi connectivity index (χ1) is 11.7. The zero-order valence-corrected chi connectivity index (χ0v) is 14.2. The van der Waals surface area contributed by atoms with Crippen LogP contribution in [0, 0.1) is 6.92 Å². The van der Waals surface area contributed by atoms with E-state index in [0.29, 0.717) is 19.8 Å². The van der Waals surface area contributed by atoms with Crippen LogP contribution in [0.1, 0.15) is 11.3 Å². The summed E-state index contributed by atoms with van der Waals surface area (Å²) in [5.41, 5.74) is 2.58. The molecular formula is C19H26N2O3. The Bertz CT molecular complexity index is 607. The van der Waals surface area contributed by atoms with Gasteiger partial charge in [0.15, 0.2) is 0 Å². The number of ether oxygens (including phenoxy) is 1. The second kappa shape index (κ2) is 8.33. The number of aliphatic hydroxyl groups is 1. The smallest absolute Gasteiger partial charge is 0.129 e. The van der Waals surface area contributed by atoms with Crippen molar-refractivity contribution in [2.24, 2.45) is 0 Å². The van der Waals surface area contributed by atoms with Crippen molar-refractivity contribution in [3.8, 4) is 0 Å². The van der Waals surface area contributed by atoms with Crippen molar-refractivity contribution in [1.82, 2.24) is 4.90 Å². The van der Waals surface area contributed by atoms with E-state index in [-0.39, 0.29) is 0 Å². The van der Waals surface area contributed by atoms with Crippen molar-refractivity contribution in [2.75, 3.05) is 44.2 Å². The molecule has 1 unspecified atom stereocenters. The highest BCUT2D eigenvalue weighted by atomic mass is 16.5. The zero-order valence-electron chi connectivity index (χ0n) is 14.2. The van der Waals surface area contributed by atoms with Crippen LogP contribution in [-0.4, -0.2) is 55.4 Å². The fraction of sp³-hybridized carbons (Fsp3) is 0.474. The van der Waals surface area contributed by atoms with Crippen molar-refractivity contribution >= 4 is 5.69 Å². The molecule has 0 saturated carbocycles. The Kier molecular flexibility index (Phi) is 5.91. The molecule has 1 fully saturated rings. The Hall–Kier alpha value is -1.82. The van der Waals surface area contributed by atoms with Crippen LogP contribution in [0.2, 0.25) is 0 Å². The summed E-state index contributed by atoms with van der Waals surface area (Å²) in [5, 5.41) is 10.1. The molecule has 1 aromatic carbocycles. The lowest BCUT2D eigenvalue weighted by Gasteiger charge is -2.37. The molecule has 2 aromatic rings. The van der Waals surface area contributed by atoms with Gasteiger partial charge >= 0.3 is 0 Å². The fourth-order valence-corrected chi connectivity index (χ4v) is 3.05. The topological polar surface area (TPSA) is 49.1 Å². The maximum Gasteiger partial charge on any atom is 0.129 e. The van der Waals surface area contributed by atoms with E-state index < -0.39 is 6.10 Å². The van der Waals surface area contributed by atoms with Gasteiger partial charge in [-0.1, -0.05) is 12.1 Å². The molecule has 1 aliphatic heterocycles. The van der Waals surface area contributed by atoms with Crippen LogP contribution >= 0.6 is 0 Å². The van der Waals surface area contributed by atoms with E-state index >= 15 is 0 Å². The van der Waals surface area contributed by atoms with Gasteiger partial charge in [-0.2, -0.15) is 0 Å². The van der Waals surface area contributed by atoms with Crippen LogP contribution in [0.3, 0.4) is 0 Å². The van der Waals surface area contributed by atoms with Crippen LogP contribution in [-0.2, 0) is 11.3 Å². The Balaban J connectivity index is 1.37. The van der Waals surface area contributed by atoms with Crippen molar-refractivity contribution in [2.45, 2.75) is 19.6 Å². The minimum Gasteiger partial charge on any atom is -0.467 e. The molecule has 0 bridgehead atoms. The third-order valence-electron chi connectivity index (χ3n) is 4.34. The molecule has 1 saturated heterocycles. The first-order valence-electron chi connectivity index (χ1n) is 8.53. The van der Waals surface area contributed by atoms with Crippen molar-refractivity contribution < 1.29 is 14.3 Å². The number of aliphatic hydroxyl groups excluding tert-OH is 1. The lowest BCUT2D eigenvalue weighted by atomic mass is 10.2. The third kappa shape index (κ3) is 4.84. The standard InChI is InChI=1S/C19H26N2O3/c1-16-4-2-5-17(12-16)21-9-7-20(8-10-21)13-18(22)14-23-15-19-6-3-11-24-19/h2-6,11-12,18,22H,7-10,13-15H2,1H3. The van der Waals surface area contributed by atoms with Gasteiger partial charge < -0.3 is 19.2 Å². The number of furan rings is 1. The summed E-state index contributed by atoms with van der Waals surface area (Å²) in [6.07, 6.45) is 1.16. The largest absolute Gasteiger partial charge is 0.467 e. The number of hydrogen-bond donors (Lipinski definition) is 1. The molecule has 5 nitrogen and oxygen atoms in total. The molecular weight excluding hydrogens is 304 g/mol. The highest BCUT2D eigenvalue weighted by Gasteiger charge is 2.19. The third-order valence-corrected chi connectivity index (χ3v) is 4.34. The fourth-order valence-electron chi connectivity index (χ4n) is 3.05. The van der Waals surface area contributed by atoms with Gasteiger partial charge in [-0.25, -0.2) is 0 Å². The molecule has 0 amide bonds. The van der Waals surface area contributed by atoms with Gasteiger partial charge in [-0.05, 0) is 36.8 Å². The number of rotatable bonds is 7. The highest BCUT2D eigenvalue weighted by Crippen LogP contribution is 2.17. The van der Waals surface area contributed by atoms with E-state index in [1.807, 2.05) is 12.1 Å². The zero-order chi connectivity index (χ0) is 16.8. The van der Waals surface area contributed by atoms with E-state index in [9.17, 15) is 5.11 Å². The summed E-state index contributed by atoms with van der Waals surface area (Å²) in [7, 11) is 0. The van der Waals surface area contributed by atoms with E-state index in [2.05, 4.69) is 41.0 Å². The molecule has 0 spiro atoms. The Labute approximate surface area is 143 Å². The van der Waals surface area contributed by atoms with Gasteiger partial charge in [0.25, 0.3) is 0 Å². The van der Waals surface area contributed by atoms with E-state index in [1.54, 1.807) is 6.26 Å². The lowest BCUT2D eigenvalue weighted by Crippen LogP contribution is -2.49. The average Bonchev–Trinajstić information content (AvgIpc) is 3.09. The summed E-state index contributed by atoms with van der Waals surface area (Å²) in [4.78, 5) is 4.70. The highest BCUT2D eigenvalue weighted by molar-refractivity contribution is 5.48. The monoisotopic (exact) mass is 330 g/mol. The maximum absolute atomic E-state index is 10.1. The van der Waals surface area contributed by atoms with Crippen molar-refractivity contribution in [3.05, 3.63) is 54.0 Å². The summed E-state index contributed by atoms with van der Waals surface area (Å²) in [6.45, 7) is 7.42. The predicted molar refractivity (Wildman–Crippen MR) is 94.2 cm³/mol. The number of anilines is 1. The second-order valence-corrected chi connectivity index (χ2v) is 6.37. The number of aryl methyl sites for hydroxylation is 1. The average molecular weight is 330 g/mol. The quantitative estimate of drug-likeness (QED) is 0.844. The minimum absolute atomic E-state index is 0.332. The molecule has 1 N–H and O–H groups in total. The van der Waals surface area contributed by atoms with Crippen LogP contribution in [0.4, 0.5) is 5.69 Å². The molecule has 1 aromatic heterocycles. The SMILES string of the molecule is Cc1cccc(N2CCN(CC(O)COCc3ccco3)CC2)c1. The van der Waals surface area contributed by atoms with Gasteiger partial charge in [-0.3, -0.25) is 4.90 Å². The van der Waals surface area contributed by atoms with Crippen LogP contribution < -0.4 is 4.90 Å². The van der Waals surface area contributed by atoms with Gasteiger partial charge in [0.1, 0.15) is 12.4 Å². The molecule has 0 radical (unpaired) electrons. The summed E-state index contributed by atoms with van der Waals surface area (Å²) in [6, 6.07) is 12.3. The number of nitrogens with zero attached hydrogens (tertiary/aromatic N) is 2.